The quantitative estimate of drug-likeness (QED) is 0.863. The summed E-state index contributed by atoms with van der Waals surface area (Å²) < 4.78 is 5.19. The molecule has 0 unspecified atom stereocenters. The topological polar surface area (TPSA) is 65.0 Å². The van der Waals surface area contributed by atoms with Crippen molar-refractivity contribution in [1.29, 1.82) is 0 Å². The number of piperazine rings is 1. The van der Waals surface area contributed by atoms with Gasteiger partial charge in [0.1, 0.15) is 11.5 Å². The van der Waals surface area contributed by atoms with Gasteiger partial charge in [-0.15, -0.1) is 0 Å². The van der Waals surface area contributed by atoms with Crippen molar-refractivity contribution in [3.05, 3.63) is 48.5 Å². The van der Waals surface area contributed by atoms with Gasteiger partial charge >= 0.3 is 0 Å². The number of hydrogen-bond donors (Lipinski definition) is 2. The van der Waals surface area contributed by atoms with E-state index in [4.69, 9.17) is 4.74 Å². The highest BCUT2D eigenvalue weighted by Crippen LogP contribution is 2.21. The largest absolute Gasteiger partial charge is 0.508 e. The number of carbonyl (C=O) groups excluding carboxylic acids is 1. The number of phenols is 1. The molecule has 2 N–H and O–H groups in total. The first kappa shape index (κ1) is 18.1. The molecule has 0 aliphatic carbocycles. The predicted molar refractivity (Wildman–Crippen MR) is 103 cm³/mol. The maximum absolute atomic E-state index is 12.6. The second-order valence-electron chi connectivity index (χ2n) is 6.44. The van der Waals surface area contributed by atoms with Gasteiger partial charge < -0.3 is 20.1 Å². The Balaban J connectivity index is 1.54. The number of rotatable bonds is 5. The minimum atomic E-state index is -0.205. The van der Waals surface area contributed by atoms with Crippen LogP contribution in [0.25, 0.3) is 0 Å². The van der Waals surface area contributed by atoms with E-state index in [9.17, 15) is 9.90 Å². The Kier molecular flexibility index (Phi) is 5.63. The van der Waals surface area contributed by atoms with Crippen LogP contribution in [-0.2, 0) is 4.79 Å². The number of benzene rings is 2. The number of amides is 1. The van der Waals surface area contributed by atoms with Gasteiger partial charge in [-0.25, -0.2) is 0 Å². The van der Waals surface area contributed by atoms with Crippen molar-refractivity contribution < 1.29 is 14.6 Å². The Morgan fingerprint density at radius 2 is 1.81 bits per heavy atom. The van der Waals surface area contributed by atoms with E-state index in [1.54, 1.807) is 19.2 Å². The summed E-state index contributed by atoms with van der Waals surface area (Å²) in [6.45, 7) is 5.26. The predicted octanol–water partition coefficient (Wildman–Crippen LogP) is 2.55. The number of methoxy groups -OCH3 is 1. The summed E-state index contributed by atoms with van der Waals surface area (Å²) in [5.74, 6) is 0.976. The first-order valence-electron chi connectivity index (χ1n) is 8.80. The zero-order chi connectivity index (χ0) is 18.5. The second kappa shape index (κ2) is 8.10. The lowest BCUT2D eigenvalue weighted by molar-refractivity contribution is -0.120. The fourth-order valence-corrected chi connectivity index (χ4v) is 3.14. The molecule has 6 nitrogen and oxygen atoms in total. The molecule has 0 saturated carbocycles. The van der Waals surface area contributed by atoms with Crippen LogP contribution < -0.4 is 15.0 Å². The Hall–Kier alpha value is -2.73. The minimum absolute atomic E-state index is 0.0173. The van der Waals surface area contributed by atoms with Crippen LogP contribution in [0.3, 0.4) is 0 Å². The smallest absolute Gasteiger partial charge is 0.241 e. The summed E-state index contributed by atoms with van der Waals surface area (Å²) >= 11 is 0. The van der Waals surface area contributed by atoms with Gasteiger partial charge in [0.15, 0.2) is 0 Å². The Labute approximate surface area is 154 Å². The molecule has 1 amide bonds. The average Bonchev–Trinajstić information content (AvgIpc) is 2.68. The number of carbonyl (C=O) groups is 1. The third kappa shape index (κ3) is 4.26. The summed E-state index contributed by atoms with van der Waals surface area (Å²) in [4.78, 5) is 17.0. The first-order chi connectivity index (χ1) is 12.6. The third-order valence-electron chi connectivity index (χ3n) is 4.79. The molecule has 26 heavy (non-hydrogen) atoms. The number of anilines is 2. The van der Waals surface area contributed by atoms with Crippen LogP contribution in [0.5, 0.6) is 11.5 Å². The van der Waals surface area contributed by atoms with E-state index in [2.05, 4.69) is 15.1 Å². The lowest BCUT2D eigenvalue weighted by atomic mass is 10.2. The van der Waals surface area contributed by atoms with Crippen molar-refractivity contribution in [3.8, 4) is 11.5 Å². The van der Waals surface area contributed by atoms with E-state index < -0.39 is 0 Å². The molecule has 1 aliphatic rings. The summed E-state index contributed by atoms with van der Waals surface area (Å²) in [5, 5.41) is 12.4. The molecular weight excluding hydrogens is 330 g/mol. The van der Waals surface area contributed by atoms with Gasteiger partial charge in [0.2, 0.25) is 5.91 Å². The molecule has 1 aliphatic heterocycles. The van der Waals surface area contributed by atoms with E-state index in [1.165, 1.54) is 0 Å². The Morgan fingerprint density at radius 3 is 2.46 bits per heavy atom. The molecule has 0 bridgehead atoms. The van der Waals surface area contributed by atoms with E-state index in [-0.39, 0.29) is 17.7 Å². The summed E-state index contributed by atoms with van der Waals surface area (Å²) in [6, 6.07) is 14.4. The number of nitrogens with one attached hydrogen (secondary N) is 1. The van der Waals surface area contributed by atoms with E-state index in [1.807, 2.05) is 43.3 Å². The second-order valence-corrected chi connectivity index (χ2v) is 6.44. The van der Waals surface area contributed by atoms with Crippen LogP contribution in [0.15, 0.2) is 48.5 Å². The van der Waals surface area contributed by atoms with Gasteiger partial charge in [-0.1, -0.05) is 6.07 Å². The fourth-order valence-electron chi connectivity index (χ4n) is 3.14. The van der Waals surface area contributed by atoms with Crippen LogP contribution in [-0.4, -0.2) is 55.2 Å². The standard InChI is InChI=1S/C20H25N3O3/c1-15(20(25)21-16-4-3-5-19(14-16)26-2)22-10-12-23(13-11-22)17-6-8-18(24)9-7-17/h3-9,14-15,24H,10-13H2,1-2H3,(H,21,25)/t15-/m1/s1. The van der Waals surface area contributed by atoms with E-state index >= 15 is 0 Å². The molecule has 2 aromatic rings. The molecule has 1 saturated heterocycles. The SMILES string of the molecule is COc1cccc(NC(=O)[C@@H](C)N2CCN(c3ccc(O)cc3)CC2)c1. The maximum atomic E-state index is 12.6. The highest BCUT2D eigenvalue weighted by Gasteiger charge is 2.25. The Morgan fingerprint density at radius 1 is 1.12 bits per heavy atom. The van der Waals surface area contributed by atoms with Crippen molar-refractivity contribution >= 4 is 17.3 Å². The molecule has 1 fully saturated rings. The molecule has 138 valence electrons. The molecule has 0 aromatic heterocycles. The third-order valence-corrected chi connectivity index (χ3v) is 4.79. The number of aromatic hydroxyl groups is 1. The van der Waals surface area contributed by atoms with Gasteiger partial charge in [0.05, 0.1) is 13.2 Å². The molecule has 0 radical (unpaired) electrons. The zero-order valence-electron chi connectivity index (χ0n) is 15.2. The van der Waals surface area contributed by atoms with Gasteiger partial charge in [0, 0.05) is 43.6 Å². The number of ether oxygens (including phenoxy) is 1. The van der Waals surface area contributed by atoms with E-state index in [0.29, 0.717) is 0 Å². The molecular formula is C20H25N3O3. The zero-order valence-corrected chi connectivity index (χ0v) is 15.2. The fraction of sp³-hybridized carbons (Fsp3) is 0.350. The first-order valence-corrected chi connectivity index (χ1v) is 8.80. The highest BCUT2D eigenvalue weighted by atomic mass is 16.5. The minimum Gasteiger partial charge on any atom is -0.508 e. The molecule has 2 aromatic carbocycles. The van der Waals surface area contributed by atoms with Gasteiger partial charge in [-0.05, 0) is 43.3 Å². The number of phenolic OH excluding ortho intramolecular Hbond substituents is 1. The average molecular weight is 355 g/mol. The van der Waals surface area contributed by atoms with Gasteiger partial charge in [-0.2, -0.15) is 0 Å². The van der Waals surface area contributed by atoms with Crippen molar-refractivity contribution in [3.63, 3.8) is 0 Å². The Bertz CT molecular complexity index is 740. The summed E-state index contributed by atoms with van der Waals surface area (Å²) in [5.41, 5.74) is 1.83. The van der Waals surface area contributed by atoms with Gasteiger partial charge in [-0.3, -0.25) is 9.69 Å². The lowest BCUT2D eigenvalue weighted by Crippen LogP contribution is -2.52. The number of hydrogen-bond acceptors (Lipinski definition) is 5. The highest BCUT2D eigenvalue weighted by molar-refractivity contribution is 5.94. The monoisotopic (exact) mass is 355 g/mol. The van der Waals surface area contributed by atoms with E-state index in [0.717, 1.165) is 43.3 Å². The summed E-state index contributed by atoms with van der Waals surface area (Å²) in [6.07, 6.45) is 0. The van der Waals surface area contributed by atoms with Crippen LogP contribution in [0.4, 0.5) is 11.4 Å². The summed E-state index contributed by atoms with van der Waals surface area (Å²) in [7, 11) is 1.61. The van der Waals surface area contributed by atoms with Crippen LogP contribution in [0.1, 0.15) is 6.92 Å². The van der Waals surface area contributed by atoms with Crippen molar-refractivity contribution in [1.82, 2.24) is 4.90 Å². The molecule has 1 heterocycles. The maximum Gasteiger partial charge on any atom is 0.241 e. The van der Waals surface area contributed by atoms with Crippen LogP contribution in [0.2, 0.25) is 0 Å². The van der Waals surface area contributed by atoms with Crippen molar-refractivity contribution in [2.75, 3.05) is 43.5 Å². The normalized spacial score (nSPS) is 16.2. The van der Waals surface area contributed by atoms with Crippen molar-refractivity contribution in [2.24, 2.45) is 0 Å². The molecule has 3 rings (SSSR count). The molecule has 1 atom stereocenters. The van der Waals surface area contributed by atoms with Crippen LogP contribution in [0, 0.1) is 0 Å². The van der Waals surface area contributed by atoms with Gasteiger partial charge in [0.25, 0.3) is 0 Å². The van der Waals surface area contributed by atoms with Crippen LogP contribution >= 0.6 is 0 Å². The lowest BCUT2D eigenvalue weighted by Gasteiger charge is -2.38. The molecule has 6 heteroatoms. The van der Waals surface area contributed by atoms with Crippen molar-refractivity contribution in [2.45, 2.75) is 13.0 Å². The number of nitrogens with zero attached hydrogens (tertiary/aromatic N) is 2. The molecule has 0 spiro atoms.